The third-order valence-electron chi connectivity index (χ3n) is 2.90. The third kappa shape index (κ3) is 3.68. The quantitative estimate of drug-likeness (QED) is 0.731. The molecule has 0 saturated carbocycles. The summed E-state index contributed by atoms with van der Waals surface area (Å²) in [5.74, 6) is 0. The highest BCUT2D eigenvalue weighted by Gasteiger charge is 2.27. The van der Waals surface area contributed by atoms with Gasteiger partial charge in [-0.1, -0.05) is 15.9 Å². The summed E-state index contributed by atoms with van der Waals surface area (Å²) < 4.78 is 25.6. The SMILES string of the molecule is CC(C)S(=O)(=O)N1CCCN(CCBr)CC1. The monoisotopic (exact) mass is 312 g/mol. The van der Waals surface area contributed by atoms with Crippen molar-refractivity contribution in [3.63, 3.8) is 0 Å². The Hall–Kier alpha value is 0.350. The van der Waals surface area contributed by atoms with Crippen LogP contribution in [0.2, 0.25) is 0 Å². The highest BCUT2D eigenvalue weighted by molar-refractivity contribution is 9.09. The first kappa shape index (κ1) is 14.4. The second-order valence-electron chi connectivity index (χ2n) is 4.38. The molecule has 96 valence electrons. The van der Waals surface area contributed by atoms with E-state index in [0.717, 1.165) is 31.4 Å². The van der Waals surface area contributed by atoms with Crippen LogP contribution in [0.15, 0.2) is 0 Å². The molecule has 0 spiro atoms. The summed E-state index contributed by atoms with van der Waals surface area (Å²) in [6, 6.07) is 0. The zero-order chi connectivity index (χ0) is 12.2. The summed E-state index contributed by atoms with van der Waals surface area (Å²) in [5, 5.41) is 0.638. The first-order valence-corrected chi connectivity index (χ1v) is 8.38. The van der Waals surface area contributed by atoms with E-state index in [0.29, 0.717) is 13.1 Å². The lowest BCUT2D eigenvalue weighted by atomic mass is 10.4. The zero-order valence-corrected chi connectivity index (χ0v) is 12.4. The van der Waals surface area contributed by atoms with Gasteiger partial charge in [0.05, 0.1) is 5.25 Å². The zero-order valence-electron chi connectivity index (χ0n) is 10.0. The highest BCUT2D eigenvalue weighted by atomic mass is 79.9. The van der Waals surface area contributed by atoms with Crippen LogP contribution in [-0.4, -0.2) is 60.9 Å². The molecule has 16 heavy (non-hydrogen) atoms. The fourth-order valence-electron chi connectivity index (χ4n) is 1.84. The van der Waals surface area contributed by atoms with E-state index in [-0.39, 0.29) is 5.25 Å². The van der Waals surface area contributed by atoms with E-state index in [1.807, 2.05) is 0 Å². The van der Waals surface area contributed by atoms with Crippen molar-refractivity contribution >= 4 is 26.0 Å². The number of sulfonamides is 1. The van der Waals surface area contributed by atoms with Gasteiger partial charge in [-0.25, -0.2) is 12.7 Å². The molecule has 0 bridgehead atoms. The predicted molar refractivity (Wildman–Crippen MR) is 70.5 cm³/mol. The van der Waals surface area contributed by atoms with Crippen LogP contribution in [0.3, 0.4) is 0 Å². The van der Waals surface area contributed by atoms with Crippen LogP contribution in [0.5, 0.6) is 0 Å². The molecule has 0 aliphatic carbocycles. The lowest BCUT2D eigenvalue weighted by molar-refractivity contribution is 0.304. The first-order valence-electron chi connectivity index (χ1n) is 5.75. The molecule has 4 nitrogen and oxygen atoms in total. The van der Waals surface area contributed by atoms with Crippen LogP contribution < -0.4 is 0 Å². The lowest BCUT2D eigenvalue weighted by Crippen LogP contribution is -2.39. The smallest absolute Gasteiger partial charge is 0.216 e. The Balaban J connectivity index is 2.60. The van der Waals surface area contributed by atoms with Crippen LogP contribution in [0.4, 0.5) is 0 Å². The van der Waals surface area contributed by atoms with E-state index in [1.165, 1.54) is 0 Å². The summed E-state index contributed by atoms with van der Waals surface area (Å²) in [7, 11) is -3.07. The Labute approximate surface area is 107 Å². The molecule has 0 atom stereocenters. The number of hydrogen-bond acceptors (Lipinski definition) is 3. The molecule has 1 aliphatic rings. The maximum atomic E-state index is 12.0. The molecular weight excluding hydrogens is 292 g/mol. The van der Waals surface area contributed by atoms with Gasteiger partial charge in [0.25, 0.3) is 0 Å². The summed E-state index contributed by atoms with van der Waals surface area (Å²) in [6.45, 7) is 7.63. The van der Waals surface area contributed by atoms with Crippen molar-refractivity contribution in [2.75, 3.05) is 38.1 Å². The molecule has 0 aromatic heterocycles. The third-order valence-corrected chi connectivity index (χ3v) is 5.53. The average molecular weight is 313 g/mol. The Morgan fingerprint density at radius 3 is 2.44 bits per heavy atom. The minimum absolute atomic E-state index is 0.310. The summed E-state index contributed by atoms with van der Waals surface area (Å²) in [5.41, 5.74) is 0. The Morgan fingerprint density at radius 2 is 1.88 bits per heavy atom. The molecule has 0 unspecified atom stereocenters. The van der Waals surface area contributed by atoms with Crippen LogP contribution in [0.1, 0.15) is 20.3 Å². The van der Waals surface area contributed by atoms with E-state index in [9.17, 15) is 8.42 Å². The van der Waals surface area contributed by atoms with Crippen LogP contribution in [0, 0.1) is 0 Å². The van der Waals surface area contributed by atoms with E-state index in [4.69, 9.17) is 0 Å². The van der Waals surface area contributed by atoms with Crippen molar-refractivity contribution in [3.8, 4) is 0 Å². The summed E-state index contributed by atoms with van der Waals surface area (Å²) in [6.07, 6.45) is 0.930. The highest BCUT2D eigenvalue weighted by Crippen LogP contribution is 2.12. The molecule has 0 amide bonds. The molecule has 1 rings (SSSR count). The maximum Gasteiger partial charge on any atom is 0.216 e. The van der Waals surface area contributed by atoms with Crippen molar-refractivity contribution in [3.05, 3.63) is 0 Å². The van der Waals surface area contributed by atoms with Gasteiger partial charge in [-0.05, 0) is 26.8 Å². The fourth-order valence-corrected chi connectivity index (χ4v) is 3.66. The van der Waals surface area contributed by atoms with Crippen molar-refractivity contribution in [2.45, 2.75) is 25.5 Å². The van der Waals surface area contributed by atoms with Gasteiger partial charge in [0.15, 0.2) is 0 Å². The van der Waals surface area contributed by atoms with Gasteiger partial charge in [-0.15, -0.1) is 0 Å². The Bertz CT molecular complexity index is 306. The van der Waals surface area contributed by atoms with Gasteiger partial charge in [0.2, 0.25) is 10.0 Å². The molecule has 0 aromatic rings. The van der Waals surface area contributed by atoms with Crippen molar-refractivity contribution < 1.29 is 8.42 Å². The number of hydrogen-bond donors (Lipinski definition) is 0. The summed E-state index contributed by atoms with van der Waals surface area (Å²) in [4.78, 5) is 2.31. The van der Waals surface area contributed by atoms with Crippen LogP contribution in [-0.2, 0) is 10.0 Å². The largest absolute Gasteiger partial charge is 0.301 e. The maximum absolute atomic E-state index is 12.0. The first-order chi connectivity index (χ1) is 7.48. The van der Waals surface area contributed by atoms with E-state index in [1.54, 1.807) is 18.2 Å². The lowest BCUT2D eigenvalue weighted by Gasteiger charge is -2.22. The molecule has 1 saturated heterocycles. The van der Waals surface area contributed by atoms with Gasteiger partial charge in [0.1, 0.15) is 0 Å². The van der Waals surface area contributed by atoms with Gasteiger partial charge in [-0.3, -0.25) is 0 Å². The second kappa shape index (κ2) is 6.33. The fraction of sp³-hybridized carbons (Fsp3) is 1.00. The van der Waals surface area contributed by atoms with Gasteiger partial charge >= 0.3 is 0 Å². The van der Waals surface area contributed by atoms with Crippen molar-refractivity contribution in [1.29, 1.82) is 0 Å². The standard InChI is InChI=1S/C10H21BrN2O2S/c1-10(2)16(14,15)13-6-3-5-12(7-4-11)8-9-13/h10H,3-9H2,1-2H3. The number of halogens is 1. The van der Waals surface area contributed by atoms with Crippen LogP contribution in [0.25, 0.3) is 0 Å². The number of rotatable bonds is 4. The minimum atomic E-state index is -3.07. The summed E-state index contributed by atoms with van der Waals surface area (Å²) >= 11 is 3.41. The molecule has 6 heteroatoms. The number of nitrogens with zero attached hydrogens (tertiary/aromatic N) is 2. The molecule has 0 aromatic carbocycles. The Morgan fingerprint density at radius 1 is 1.19 bits per heavy atom. The van der Waals surface area contributed by atoms with E-state index >= 15 is 0 Å². The number of alkyl halides is 1. The van der Waals surface area contributed by atoms with Crippen molar-refractivity contribution in [2.24, 2.45) is 0 Å². The van der Waals surface area contributed by atoms with E-state index < -0.39 is 10.0 Å². The molecule has 1 aliphatic heterocycles. The van der Waals surface area contributed by atoms with Gasteiger partial charge in [-0.2, -0.15) is 0 Å². The normalized spacial score (nSPS) is 21.2. The topological polar surface area (TPSA) is 40.6 Å². The van der Waals surface area contributed by atoms with Gasteiger partial charge in [0, 0.05) is 31.5 Å². The van der Waals surface area contributed by atoms with Gasteiger partial charge < -0.3 is 4.90 Å². The van der Waals surface area contributed by atoms with Crippen LogP contribution >= 0.6 is 15.9 Å². The van der Waals surface area contributed by atoms with Crippen molar-refractivity contribution in [1.82, 2.24) is 9.21 Å². The molecular formula is C10H21BrN2O2S. The predicted octanol–water partition coefficient (Wildman–Crippen LogP) is 1.13. The molecule has 0 N–H and O–H groups in total. The average Bonchev–Trinajstić information content (AvgIpc) is 2.44. The molecule has 0 radical (unpaired) electrons. The minimum Gasteiger partial charge on any atom is -0.301 e. The second-order valence-corrected chi connectivity index (χ2v) is 7.66. The molecule has 1 fully saturated rings. The molecule has 1 heterocycles. The Kier molecular flexibility index (Phi) is 5.70. The van der Waals surface area contributed by atoms with E-state index in [2.05, 4.69) is 20.8 Å².